The SMILES string of the molecule is COc1ccc(CCn2cnnc2C2CCCN2)cc1. The van der Waals surface area contributed by atoms with Gasteiger partial charge in [-0.15, -0.1) is 10.2 Å². The number of nitrogens with zero attached hydrogens (tertiary/aromatic N) is 3. The van der Waals surface area contributed by atoms with E-state index in [2.05, 4.69) is 32.2 Å². The third kappa shape index (κ3) is 2.82. The van der Waals surface area contributed by atoms with E-state index in [1.54, 1.807) is 7.11 Å². The third-order valence-electron chi connectivity index (χ3n) is 3.82. The minimum atomic E-state index is 0.369. The van der Waals surface area contributed by atoms with Crippen LogP contribution in [0.15, 0.2) is 30.6 Å². The second kappa shape index (κ2) is 6.05. The molecule has 3 rings (SSSR count). The number of methoxy groups -OCH3 is 1. The molecule has 1 aliphatic heterocycles. The first-order valence-electron chi connectivity index (χ1n) is 7.11. The predicted octanol–water partition coefficient (Wildman–Crippen LogP) is 1.95. The normalized spacial score (nSPS) is 18.4. The van der Waals surface area contributed by atoms with Crippen molar-refractivity contribution in [1.29, 1.82) is 0 Å². The molecule has 5 nitrogen and oxygen atoms in total. The molecule has 1 N–H and O–H groups in total. The molecule has 1 aromatic carbocycles. The molecule has 1 aliphatic rings. The summed E-state index contributed by atoms with van der Waals surface area (Å²) in [4.78, 5) is 0. The minimum Gasteiger partial charge on any atom is -0.497 e. The summed E-state index contributed by atoms with van der Waals surface area (Å²) in [5.74, 6) is 1.96. The zero-order valence-corrected chi connectivity index (χ0v) is 11.7. The van der Waals surface area contributed by atoms with E-state index in [1.807, 2.05) is 18.5 Å². The van der Waals surface area contributed by atoms with Gasteiger partial charge in [-0.1, -0.05) is 12.1 Å². The highest BCUT2D eigenvalue weighted by Crippen LogP contribution is 2.21. The molecule has 20 heavy (non-hydrogen) atoms. The van der Waals surface area contributed by atoms with E-state index in [4.69, 9.17) is 4.74 Å². The highest BCUT2D eigenvalue weighted by atomic mass is 16.5. The van der Waals surface area contributed by atoms with Gasteiger partial charge in [0.2, 0.25) is 0 Å². The Kier molecular flexibility index (Phi) is 3.97. The molecule has 1 saturated heterocycles. The van der Waals surface area contributed by atoms with Gasteiger partial charge in [0.25, 0.3) is 0 Å². The Bertz CT molecular complexity index is 543. The van der Waals surface area contributed by atoms with E-state index < -0.39 is 0 Å². The summed E-state index contributed by atoms with van der Waals surface area (Å²) in [5, 5.41) is 11.8. The van der Waals surface area contributed by atoms with Gasteiger partial charge in [-0.3, -0.25) is 0 Å². The molecular weight excluding hydrogens is 252 g/mol. The standard InChI is InChI=1S/C15H20N4O/c1-20-13-6-4-12(5-7-13)8-10-19-11-17-18-15(19)14-3-2-9-16-14/h4-7,11,14,16H,2-3,8-10H2,1H3. The maximum Gasteiger partial charge on any atom is 0.149 e. The quantitative estimate of drug-likeness (QED) is 0.904. The molecule has 1 fully saturated rings. The van der Waals surface area contributed by atoms with Crippen LogP contribution in [0.2, 0.25) is 0 Å². The summed E-state index contributed by atoms with van der Waals surface area (Å²) in [6, 6.07) is 8.59. The Morgan fingerprint density at radius 3 is 2.90 bits per heavy atom. The summed E-state index contributed by atoms with van der Waals surface area (Å²) >= 11 is 0. The number of hydrogen-bond donors (Lipinski definition) is 1. The molecular formula is C15H20N4O. The first-order chi connectivity index (χ1) is 9.86. The molecule has 0 amide bonds. The monoisotopic (exact) mass is 272 g/mol. The Morgan fingerprint density at radius 2 is 2.20 bits per heavy atom. The maximum atomic E-state index is 5.17. The largest absolute Gasteiger partial charge is 0.497 e. The summed E-state index contributed by atoms with van der Waals surface area (Å²) in [5.41, 5.74) is 1.30. The number of nitrogens with one attached hydrogen (secondary N) is 1. The van der Waals surface area contributed by atoms with Gasteiger partial charge in [0, 0.05) is 6.54 Å². The van der Waals surface area contributed by atoms with Crippen LogP contribution >= 0.6 is 0 Å². The third-order valence-corrected chi connectivity index (χ3v) is 3.82. The highest BCUT2D eigenvalue weighted by molar-refractivity contribution is 5.27. The van der Waals surface area contributed by atoms with Gasteiger partial charge >= 0.3 is 0 Å². The second-order valence-corrected chi connectivity index (χ2v) is 5.13. The first kappa shape index (κ1) is 13.1. The van der Waals surface area contributed by atoms with Gasteiger partial charge in [0.05, 0.1) is 13.2 Å². The molecule has 106 valence electrons. The summed E-state index contributed by atoms with van der Waals surface area (Å²) < 4.78 is 7.33. The molecule has 2 aromatic rings. The lowest BCUT2D eigenvalue weighted by Gasteiger charge is -2.12. The van der Waals surface area contributed by atoms with E-state index in [-0.39, 0.29) is 0 Å². The van der Waals surface area contributed by atoms with Crippen LogP contribution in [-0.4, -0.2) is 28.4 Å². The van der Waals surface area contributed by atoms with E-state index >= 15 is 0 Å². The first-order valence-corrected chi connectivity index (χ1v) is 7.11. The van der Waals surface area contributed by atoms with Crippen LogP contribution in [0.3, 0.4) is 0 Å². The molecule has 5 heteroatoms. The molecule has 2 heterocycles. The van der Waals surface area contributed by atoms with Gasteiger partial charge in [0.15, 0.2) is 0 Å². The van der Waals surface area contributed by atoms with Crippen LogP contribution in [0.1, 0.15) is 30.3 Å². The van der Waals surface area contributed by atoms with E-state index in [0.29, 0.717) is 6.04 Å². The fraction of sp³-hybridized carbons (Fsp3) is 0.467. The molecule has 0 aliphatic carbocycles. The minimum absolute atomic E-state index is 0.369. The van der Waals surface area contributed by atoms with Crippen LogP contribution < -0.4 is 10.1 Å². The number of ether oxygens (including phenoxy) is 1. The van der Waals surface area contributed by atoms with E-state index in [9.17, 15) is 0 Å². The number of rotatable bonds is 5. The Hall–Kier alpha value is -1.88. The van der Waals surface area contributed by atoms with Gasteiger partial charge < -0.3 is 14.6 Å². The van der Waals surface area contributed by atoms with Crippen molar-refractivity contribution in [3.8, 4) is 5.75 Å². The zero-order valence-electron chi connectivity index (χ0n) is 11.7. The lowest BCUT2D eigenvalue weighted by atomic mass is 10.1. The summed E-state index contributed by atoms with van der Waals surface area (Å²) in [6.07, 6.45) is 5.18. The summed E-state index contributed by atoms with van der Waals surface area (Å²) in [6.45, 7) is 1.99. The topological polar surface area (TPSA) is 52.0 Å². The van der Waals surface area contributed by atoms with Crippen molar-refractivity contribution < 1.29 is 4.74 Å². The smallest absolute Gasteiger partial charge is 0.149 e. The van der Waals surface area contributed by atoms with Crippen molar-refractivity contribution in [3.05, 3.63) is 42.0 Å². The van der Waals surface area contributed by atoms with Crippen molar-refractivity contribution in [2.75, 3.05) is 13.7 Å². The molecule has 0 saturated carbocycles. The molecule has 1 unspecified atom stereocenters. The number of aromatic nitrogens is 3. The summed E-state index contributed by atoms with van der Waals surface area (Å²) in [7, 11) is 1.69. The van der Waals surface area contributed by atoms with Crippen LogP contribution in [0.25, 0.3) is 0 Å². The van der Waals surface area contributed by atoms with E-state index in [1.165, 1.54) is 12.0 Å². The van der Waals surface area contributed by atoms with E-state index in [0.717, 1.165) is 37.5 Å². The van der Waals surface area contributed by atoms with Crippen LogP contribution in [0.5, 0.6) is 5.75 Å². The number of benzene rings is 1. The van der Waals surface area contributed by atoms with Crippen LogP contribution in [-0.2, 0) is 13.0 Å². The molecule has 0 spiro atoms. The predicted molar refractivity (Wildman–Crippen MR) is 76.7 cm³/mol. The van der Waals surface area contributed by atoms with Gasteiger partial charge in [-0.05, 0) is 43.5 Å². The van der Waals surface area contributed by atoms with Gasteiger partial charge in [0.1, 0.15) is 17.9 Å². The maximum absolute atomic E-state index is 5.17. The van der Waals surface area contributed by atoms with Crippen molar-refractivity contribution in [3.63, 3.8) is 0 Å². The van der Waals surface area contributed by atoms with Gasteiger partial charge in [-0.25, -0.2) is 0 Å². The highest BCUT2D eigenvalue weighted by Gasteiger charge is 2.21. The lowest BCUT2D eigenvalue weighted by Crippen LogP contribution is -2.18. The van der Waals surface area contributed by atoms with Gasteiger partial charge in [-0.2, -0.15) is 0 Å². The molecule has 1 atom stereocenters. The van der Waals surface area contributed by atoms with Crippen molar-refractivity contribution in [1.82, 2.24) is 20.1 Å². The molecule has 0 radical (unpaired) electrons. The average molecular weight is 272 g/mol. The second-order valence-electron chi connectivity index (χ2n) is 5.13. The Labute approximate surface area is 119 Å². The Morgan fingerprint density at radius 1 is 1.35 bits per heavy atom. The average Bonchev–Trinajstić information content (AvgIpc) is 3.16. The van der Waals surface area contributed by atoms with Crippen LogP contribution in [0.4, 0.5) is 0 Å². The number of aryl methyl sites for hydroxylation is 2. The van der Waals surface area contributed by atoms with Crippen molar-refractivity contribution in [2.45, 2.75) is 31.8 Å². The molecule has 1 aromatic heterocycles. The van der Waals surface area contributed by atoms with Crippen molar-refractivity contribution in [2.24, 2.45) is 0 Å². The van der Waals surface area contributed by atoms with Crippen LogP contribution in [0, 0.1) is 0 Å². The number of hydrogen-bond acceptors (Lipinski definition) is 4. The fourth-order valence-electron chi connectivity index (χ4n) is 2.65. The molecule has 0 bridgehead atoms. The Balaban J connectivity index is 1.64. The fourth-order valence-corrected chi connectivity index (χ4v) is 2.65. The zero-order chi connectivity index (χ0) is 13.8. The van der Waals surface area contributed by atoms with Crippen molar-refractivity contribution >= 4 is 0 Å². The lowest BCUT2D eigenvalue weighted by molar-refractivity contribution is 0.414.